The predicted octanol–water partition coefficient (Wildman–Crippen LogP) is -0.783. The van der Waals surface area contributed by atoms with E-state index in [9.17, 15) is 35.1 Å². The number of aliphatic hydroxyl groups excluding tert-OH is 4. The summed E-state index contributed by atoms with van der Waals surface area (Å²) in [6.07, 6.45) is -6.97. The molecule has 0 aromatic rings. The maximum Gasteiger partial charge on any atom is 0.303 e. The smallest absolute Gasteiger partial charge is 0.303 e. The van der Waals surface area contributed by atoms with E-state index in [2.05, 4.69) is 0 Å². The van der Waals surface area contributed by atoms with Gasteiger partial charge in [0.2, 0.25) is 0 Å². The largest absolute Gasteiger partial charge is 0.454 e. The van der Waals surface area contributed by atoms with Crippen molar-refractivity contribution in [3.05, 3.63) is 11.1 Å². The normalized spacial score (nSPS) is 51.1. The zero-order valence-electron chi connectivity index (χ0n) is 18.5. The second-order valence-electron chi connectivity index (χ2n) is 10.4. The van der Waals surface area contributed by atoms with Crippen molar-refractivity contribution in [2.24, 2.45) is 16.7 Å². The highest BCUT2D eigenvalue weighted by molar-refractivity contribution is 5.93. The van der Waals surface area contributed by atoms with Gasteiger partial charge in [0.1, 0.15) is 17.8 Å². The van der Waals surface area contributed by atoms with Crippen LogP contribution >= 0.6 is 0 Å². The van der Waals surface area contributed by atoms with Gasteiger partial charge in [0.15, 0.2) is 11.4 Å². The molecule has 1 aliphatic heterocycles. The molecule has 0 aromatic heterocycles. The second kappa shape index (κ2) is 6.59. The van der Waals surface area contributed by atoms with Crippen molar-refractivity contribution in [1.29, 1.82) is 0 Å². The zero-order chi connectivity index (χ0) is 23.3. The van der Waals surface area contributed by atoms with E-state index in [0.29, 0.717) is 5.57 Å². The highest BCUT2D eigenvalue weighted by atomic mass is 16.6. The van der Waals surface area contributed by atoms with Crippen LogP contribution < -0.4 is 0 Å². The summed E-state index contributed by atoms with van der Waals surface area (Å²) in [6, 6.07) is 0. The Hall–Kier alpha value is -1.36. The van der Waals surface area contributed by atoms with Crippen molar-refractivity contribution in [2.45, 2.75) is 89.2 Å². The van der Waals surface area contributed by atoms with E-state index in [1.807, 2.05) is 0 Å². The molecule has 3 aliphatic carbocycles. The van der Waals surface area contributed by atoms with Crippen LogP contribution in [-0.2, 0) is 19.1 Å². The van der Waals surface area contributed by atoms with E-state index < -0.39 is 70.2 Å². The lowest BCUT2D eigenvalue weighted by molar-refractivity contribution is -0.346. The van der Waals surface area contributed by atoms with Gasteiger partial charge in [-0.2, -0.15) is 0 Å². The fourth-order valence-corrected chi connectivity index (χ4v) is 6.78. The molecule has 2 bridgehead atoms. The van der Waals surface area contributed by atoms with Crippen molar-refractivity contribution in [2.75, 3.05) is 6.61 Å². The van der Waals surface area contributed by atoms with Crippen molar-refractivity contribution < 1.29 is 44.6 Å². The Morgan fingerprint density at radius 1 is 1.16 bits per heavy atom. The topological polar surface area (TPSA) is 154 Å². The van der Waals surface area contributed by atoms with Gasteiger partial charge in [0.25, 0.3) is 0 Å². The molecule has 2 saturated carbocycles. The van der Waals surface area contributed by atoms with Gasteiger partial charge in [0.05, 0.1) is 30.3 Å². The minimum Gasteiger partial charge on any atom is -0.454 e. The molecule has 0 unspecified atom stereocenters. The molecule has 9 atom stereocenters. The maximum atomic E-state index is 13.8. The van der Waals surface area contributed by atoms with E-state index in [-0.39, 0.29) is 25.0 Å². The van der Waals surface area contributed by atoms with Crippen LogP contribution in [0, 0.1) is 16.7 Å². The summed E-state index contributed by atoms with van der Waals surface area (Å²) in [6.45, 7) is 7.30. The van der Waals surface area contributed by atoms with Crippen molar-refractivity contribution in [1.82, 2.24) is 0 Å². The van der Waals surface area contributed by atoms with Crippen LogP contribution in [0.4, 0.5) is 0 Å². The van der Waals surface area contributed by atoms with E-state index in [4.69, 9.17) is 9.47 Å². The number of rotatable bonds is 1. The molecule has 0 spiro atoms. The van der Waals surface area contributed by atoms with Crippen molar-refractivity contribution in [3.63, 3.8) is 0 Å². The molecule has 4 rings (SSSR count). The monoisotopic (exact) mass is 440 g/mol. The summed E-state index contributed by atoms with van der Waals surface area (Å²) in [5.41, 5.74) is -6.00. The Labute approximate surface area is 180 Å². The number of aliphatic hydroxyl groups is 5. The number of hydrogen-bond acceptors (Lipinski definition) is 9. The minimum absolute atomic E-state index is 0.0338. The average molecular weight is 440 g/mol. The third kappa shape index (κ3) is 2.53. The number of ether oxygens (including phenoxy) is 2. The Morgan fingerprint density at radius 2 is 1.77 bits per heavy atom. The van der Waals surface area contributed by atoms with Crippen LogP contribution in [0.2, 0.25) is 0 Å². The van der Waals surface area contributed by atoms with E-state index in [1.165, 1.54) is 13.8 Å². The van der Waals surface area contributed by atoms with Gasteiger partial charge >= 0.3 is 5.97 Å². The lowest BCUT2D eigenvalue weighted by Crippen LogP contribution is -2.81. The SMILES string of the molecule is CC(=O)O[C@@]12CO[C@@H]1C[C@H](O)[C@@]1(C)C(=O)[C@H](O)C3=C(C)[C@@H](O)C[C@@](O)([C@@H](O)[C@H]21)C3(C)C. The Bertz CT molecular complexity index is 865. The number of Topliss-reactive ketones (excluding diaryl/α,β-unsaturated/α-hetero) is 1. The van der Waals surface area contributed by atoms with Gasteiger partial charge in [-0.3, -0.25) is 9.59 Å². The van der Waals surface area contributed by atoms with Crippen LogP contribution in [-0.4, -0.2) is 85.6 Å². The average Bonchev–Trinajstić information content (AvgIpc) is 2.65. The van der Waals surface area contributed by atoms with Crippen LogP contribution in [0.5, 0.6) is 0 Å². The number of esters is 1. The van der Waals surface area contributed by atoms with Crippen LogP contribution in [0.3, 0.4) is 0 Å². The third-order valence-corrected chi connectivity index (χ3v) is 8.73. The highest BCUT2D eigenvalue weighted by Crippen LogP contribution is 2.63. The van der Waals surface area contributed by atoms with Gasteiger partial charge in [-0.25, -0.2) is 0 Å². The highest BCUT2D eigenvalue weighted by Gasteiger charge is 2.76. The number of fused-ring (bicyclic) bond motifs is 5. The van der Waals surface area contributed by atoms with Crippen molar-refractivity contribution >= 4 is 11.8 Å². The molecule has 5 N–H and O–H groups in total. The summed E-state index contributed by atoms with van der Waals surface area (Å²) in [5, 5.41) is 56.5. The molecule has 4 aliphatic rings. The summed E-state index contributed by atoms with van der Waals surface area (Å²) in [7, 11) is 0. The van der Waals surface area contributed by atoms with Crippen LogP contribution in [0.25, 0.3) is 0 Å². The molecule has 0 amide bonds. The molecular formula is C22H32O9. The van der Waals surface area contributed by atoms with Gasteiger partial charge in [-0.1, -0.05) is 13.8 Å². The van der Waals surface area contributed by atoms with Gasteiger partial charge in [-0.15, -0.1) is 0 Å². The molecule has 0 aromatic carbocycles. The summed E-state index contributed by atoms with van der Waals surface area (Å²) in [4.78, 5) is 25.8. The van der Waals surface area contributed by atoms with Crippen LogP contribution in [0.1, 0.15) is 47.5 Å². The Morgan fingerprint density at radius 3 is 2.29 bits per heavy atom. The van der Waals surface area contributed by atoms with E-state index in [1.54, 1.807) is 20.8 Å². The minimum atomic E-state index is -1.99. The second-order valence-corrected chi connectivity index (χ2v) is 10.4. The third-order valence-electron chi connectivity index (χ3n) is 8.73. The maximum absolute atomic E-state index is 13.8. The van der Waals surface area contributed by atoms with Gasteiger partial charge in [-0.05, 0) is 25.0 Å². The number of hydrogen-bond donors (Lipinski definition) is 5. The standard InChI is InChI=1S/C22H32O9/c1-9-11(24)7-22(29)18(28)16-20(5,17(27)15(26)14(9)19(22,3)4)12(25)6-13-21(16,8-30-13)31-10(2)23/h11-13,15-16,18,24-26,28-29H,6-8H2,1-5H3/t11-,12-,13+,15+,16-,18-,20+,21-,22+/m0/s1. The molecule has 9 nitrogen and oxygen atoms in total. The van der Waals surface area contributed by atoms with Gasteiger partial charge in [0, 0.05) is 31.1 Å². The lowest BCUT2D eigenvalue weighted by Gasteiger charge is -2.67. The first kappa shape index (κ1) is 22.8. The first-order chi connectivity index (χ1) is 14.2. The van der Waals surface area contributed by atoms with Crippen molar-refractivity contribution in [3.8, 4) is 0 Å². The molecule has 3 fully saturated rings. The molecule has 1 saturated heterocycles. The van der Waals surface area contributed by atoms with Crippen LogP contribution in [0.15, 0.2) is 11.1 Å². The molecule has 0 radical (unpaired) electrons. The lowest BCUT2D eigenvalue weighted by atomic mass is 9.45. The number of carbonyl (C=O) groups excluding carboxylic acids is 2. The zero-order valence-corrected chi connectivity index (χ0v) is 18.5. The Balaban J connectivity index is 2.02. The number of ketones is 1. The molecule has 31 heavy (non-hydrogen) atoms. The van der Waals surface area contributed by atoms with E-state index in [0.717, 1.165) is 0 Å². The summed E-state index contributed by atoms with van der Waals surface area (Å²) >= 11 is 0. The van der Waals surface area contributed by atoms with Gasteiger partial charge < -0.3 is 35.0 Å². The van der Waals surface area contributed by atoms with E-state index >= 15 is 0 Å². The number of carbonyl (C=O) groups is 2. The molecular weight excluding hydrogens is 408 g/mol. The fraction of sp³-hybridized carbons (Fsp3) is 0.818. The summed E-state index contributed by atoms with van der Waals surface area (Å²) in [5.74, 6) is -2.68. The molecule has 9 heteroatoms. The first-order valence-corrected chi connectivity index (χ1v) is 10.7. The first-order valence-electron chi connectivity index (χ1n) is 10.7. The fourth-order valence-electron chi connectivity index (χ4n) is 6.78. The molecule has 174 valence electrons. The molecule has 1 heterocycles. The summed E-state index contributed by atoms with van der Waals surface area (Å²) < 4.78 is 11.2. The Kier molecular flexibility index (Phi) is 4.85. The predicted molar refractivity (Wildman–Crippen MR) is 106 cm³/mol. The quantitative estimate of drug-likeness (QED) is 0.261.